The summed E-state index contributed by atoms with van der Waals surface area (Å²) in [6, 6.07) is 2.71. The zero-order chi connectivity index (χ0) is 13.4. The number of hydrogen-bond acceptors (Lipinski definition) is 5. The molecule has 0 aliphatic carbocycles. The van der Waals surface area contributed by atoms with Crippen LogP contribution in [0.5, 0.6) is 0 Å². The molecule has 0 aromatic carbocycles. The number of rotatable bonds is 2. The Labute approximate surface area is 113 Å². The zero-order valence-corrected chi connectivity index (χ0v) is 11.7. The van der Waals surface area contributed by atoms with Crippen LogP contribution in [0.3, 0.4) is 0 Å². The summed E-state index contributed by atoms with van der Waals surface area (Å²) in [4.78, 5) is 13.4. The van der Waals surface area contributed by atoms with Crippen LogP contribution >= 0.6 is 0 Å². The van der Waals surface area contributed by atoms with Crippen molar-refractivity contribution in [1.82, 2.24) is 24.5 Å². The normalized spacial score (nSPS) is 17.6. The minimum Gasteiger partial charge on any atom is -0.354 e. The van der Waals surface area contributed by atoms with Crippen LogP contribution in [0.25, 0.3) is 5.78 Å². The topological polar surface area (TPSA) is 49.6 Å². The van der Waals surface area contributed by atoms with E-state index in [0.29, 0.717) is 11.8 Å². The lowest BCUT2D eigenvalue weighted by Gasteiger charge is -2.37. The first kappa shape index (κ1) is 12.3. The average molecular weight is 260 g/mol. The van der Waals surface area contributed by atoms with Crippen LogP contribution in [0.15, 0.2) is 12.4 Å². The van der Waals surface area contributed by atoms with Crippen molar-refractivity contribution in [2.45, 2.75) is 26.8 Å². The molecule has 0 radical (unpaired) electrons. The number of aromatic nitrogens is 4. The molecule has 0 spiro atoms. The third kappa shape index (κ3) is 2.28. The summed E-state index contributed by atoms with van der Waals surface area (Å²) in [5.74, 6) is 1.78. The molecule has 6 nitrogen and oxygen atoms in total. The van der Waals surface area contributed by atoms with Gasteiger partial charge in [-0.15, -0.1) is 0 Å². The molecule has 1 aliphatic rings. The number of fused-ring (bicyclic) bond motifs is 1. The van der Waals surface area contributed by atoms with Gasteiger partial charge in [-0.2, -0.15) is 14.6 Å². The van der Waals surface area contributed by atoms with E-state index in [4.69, 9.17) is 0 Å². The fraction of sp³-hybridized carbons (Fsp3) is 0.615. The molecule has 3 heterocycles. The highest BCUT2D eigenvalue weighted by molar-refractivity contribution is 5.47. The van der Waals surface area contributed by atoms with E-state index in [9.17, 15) is 0 Å². The van der Waals surface area contributed by atoms with Crippen LogP contribution in [0.2, 0.25) is 0 Å². The zero-order valence-electron chi connectivity index (χ0n) is 11.7. The molecule has 1 aliphatic heterocycles. The molecule has 0 N–H and O–H groups in total. The molecular formula is C13H20N6. The summed E-state index contributed by atoms with van der Waals surface area (Å²) >= 11 is 0. The maximum absolute atomic E-state index is 4.39. The minimum atomic E-state index is 0.618. The van der Waals surface area contributed by atoms with E-state index >= 15 is 0 Å². The van der Waals surface area contributed by atoms with E-state index in [2.05, 4.69) is 44.8 Å². The summed E-state index contributed by atoms with van der Waals surface area (Å²) < 4.78 is 1.83. The molecular weight excluding hydrogens is 240 g/mol. The van der Waals surface area contributed by atoms with Gasteiger partial charge in [-0.05, 0) is 20.8 Å². The van der Waals surface area contributed by atoms with E-state index in [1.807, 2.05) is 11.4 Å². The van der Waals surface area contributed by atoms with Crippen molar-refractivity contribution in [2.24, 2.45) is 0 Å². The Morgan fingerprint density at radius 1 is 1.16 bits per heavy atom. The first-order valence-electron chi connectivity index (χ1n) is 6.81. The highest BCUT2D eigenvalue weighted by Gasteiger charge is 2.21. The van der Waals surface area contributed by atoms with Crippen LogP contribution in [0.1, 0.15) is 19.5 Å². The molecule has 1 fully saturated rings. The van der Waals surface area contributed by atoms with Crippen LogP contribution in [0, 0.1) is 6.92 Å². The van der Waals surface area contributed by atoms with Gasteiger partial charge in [0.25, 0.3) is 5.78 Å². The minimum absolute atomic E-state index is 0.618. The number of piperazine rings is 1. The summed E-state index contributed by atoms with van der Waals surface area (Å²) in [5, 5.41) is 4.28. The molecule has 0 atom stereocenters. The first-order valence-corrected chi connectivity index (χ1v) is 6.81. The maximum Gasteiger partial charge on any atom is 0.254 e. The Kier molecular flexibility index (Phi) is 3.10. The third-order valence-electron chi connectivity index (χ3n) is 3.73. The number of aryl methyl sites for hydroxylation is 1. The van der Waals surface area contributed by atoms with Crippen molar-refractivity contribution >= 4 is 11.6 Å². The second kappa shape index (κ2) is 4.77. The second-order valence-electron chi connectivity index (χ2n) is 5.34. The highest BCUT2D eigenvalue weighted by atomic mass is 15.4. The van der Waals surface area contributed by atoms with Gasteiger partial charge in [-0.3, -0.25) is 4.90 Å². The van der Waals surface area contributed by atoms with Gasteiger partial charge < -0.3 is 4.90 Å². The monoisotopic (exact) mass is 260 g/mol. The lowest BCUT2D eigenvalue weighted by atomic mass is 10.2. The number of nitrogens with zero attached hydrogens (tertiary/aromatic N) is 6. The quantitative estimate of drug-likeness (QED) is 0.805. The standard InChI is InChI=1S/C13H20N6/c1-10(2)17-4-6-18(7-5-17)12-8-11(3)16-13-14-9-15-19(12)13/h8-10H,4-7H2,1-3H3. The van der Waals surface area contributed by atoms with E-state index in [0.717, 1.165) is 37.7 Å². The molecule has 2 aromatic heterocycles. The molecule has 6 heteroatoms. The van der Waals surface area contributed by atoms with E-state index in [1.165, 1.54) is 0 Å². The Balaban J connectivity index is 1.87. The van der Waals surface area contributed by atoms with Gasteiger partial charge >= 0.3 is 0 Å². The van der Waals surface area contributed by atoms with E-state index in [-0.39, 0.29) is 0 Å². The smallest absolute Gasteiger partial charge is 0.254 e. The maximum atomic E-state index is 4.39. The molecule has 0 unspecified atom stereocenters. The fourth-order valence-corrected chi connectivity index (χ4v) is 2.60. The van der Waals surface area contributed by atoms with Crippen molar-refractivity contribution in [2.75, 3.05) is 31.1 Å². The van der Waals surface area contributed by atoms with Gasteiger partial charge in [0.1, 0.15) is 12.1 Å². The Morgan fingerprint density at radius 3 is 2.58 bits per heavy atom. The molecule has 0 bridgehead atoms. The second-order valence-corrected chi connectivity index (χ2v) is 5.34. The SMILES string of the molecule is Cc1cc(N2CCN(C(C)C)CC2)n2ncnc2n1. The molecule has 0 amide bonds. The first-order chi connectivity index (χ1) is 9.15. The van der Waals surface area contributed by atoms with Gasteiger partial charge in [-0.25, -0.2) is 4.98 Å². The summed E-state index contributed by atoms with van der Waals surface area (Å²) in [7, 11) is 0. The van der Waals surface area contributed by atoms with Gasteiger partial charge in [-0.1, -0.05) is 0 Å². The molecule has 3 rings (SSSR count). The van der Waals surface area contributed by atoms with Crippen LogP contribution in [0.4, 0.5) is 5.82 Å². The molecule has 0 saturated carbocycles. The lowest BCUT2D eigenvalue weighted by molar-refractivity contribution is 0.209. The summed E-state index contributed by atoms with van der Waals surface area (Å²) in [6.45, 7) is 10.7. The lowest BCUT2D eigenvalue weighted by Crippen LogP contribution is -2.49. The third-order valence-corrected chi connectivity index (χ3v) is 3.73. The van der Waals surface area contributed by atoms with Gasteiger partial charge in [0.2, 0.25) is 0 Å². The Hall–Kier alpha value is -1.69. The van der Waals surface area contributed by atoms with E-state index in [1.54, 1.807) is 6.33 Å². The fourth-order valence-electron chi connectivity index (χ4n) is 2.60. The van der Waals surface area contributed by atoms with Crippen molar-refractivity contribution in [3.05, 3.63) is 18.1 Å². The van der Waals surface area contributed by atoms with Crippen LogP contribution < -0.4 is 4.90 Å². The predicted molar refractivity (Wildman–Crippen MR) is 74.4 cm³/mol. The van der Waals surface area contributed by atoms with Crippen LogP contribution in [-0.4, -0.2) is 56.7 Å². The highest BCUT2D eigenvalue weighted by Crippen LogP contribution is 2.18. The Bertz CT molecular complexity index is 568. The van der Waals surface area contributed by atoms with Gasteiger partial charge in [0, 0.05) is 44.0 Å². The van der Waals surface area contributed by atoms with Crippen LogP contribution in [-0.2, 0) is 0 Å². The van der Waals surface area contributed by atoms with Crippen molar-refractivity contribution in [3.63, 3.8) is 0 Å². The molecule has 19 heavy (non-hydrogen) atoms. The molecule has 102 valence electrons. The average Bonchev–Trinajstić information content (AvgIpc) is 2.85. The van der Waals surface area contributed by atoms with E-state index < -0.39 is 0 Å². The molecule has 1 saturated heterocycles. The van der Waals surface area contributed by atoms with Gasteiger partial charge in [0.15, 0.2) is 0 Å². The number of hydrogen-bond donors (Lipinski definition) is 0. The largest absolute Gasteiger partial charge is 0.354 e. The van der Waals surface area contributed by atoms with Gasteiger partial charge in [0.05, 0.1) is 0 Å². The van der Waals surface area contributed by atoms with Crippen molar-refractivity contribution in [3.8, 4) is 0 Å². The summed E-state index contributed by atoms with van der Waals surface area (Å²) in [6.07, 6.45) is 1.57. The summed E-state index contributed by atoms with van der Waals surface area (Å²) in [5.41, 5.74) is 0.988. The van der Waals surface area contributed by atoms with Crippen molar-refractivity contribution in [1.29, 1.82) is 0 Å². The predicted octanol–water partition coefficient (Wildman–Crippen LogP) is 0.963. The number of anilines is 1. The Morgan fingerprint density at radius 2 is 1.89 bits per heavy atom. The van der Waals surface area contributed by atoms with Crippen molar-refractivity contribution < 1.29 is 0 Å². The molecule has 2 aromatic rings.